The molecule has 0 aliphatic heterocycles. The molecule has 0 fully saturated rings. The van der Waals surface area contributed by atoms with Gasteiger partial charge in [0.15, 0.2) is 0 Å². The summed E-state index contributed by atoms with van der Waals surface area (Å²) < 4.78 is 2.21. The molecule has 146 valence electrons. The summed E-state index contributed by atoms with van der Waals surface area (Å²) in [6.07, 6.45) is 9.21. The van der Waals surface area contributed by atoms with E-state index in [0.717, 1.165) is 25.1 Å². The molecule has 1 aromatic carbocycles. The molecule has 0 unspecified atom stereocenters. The highest BCUT2D eigenvalue weighted by Crippen LogP contribution is 2.21. The summed E-state index contributed by atoms with van der Waals surface area (Å²) in [6, 6.07) is 12.6. The topological polar surface area (TPSA) is 104 Å². The van der Waals surface area contributed by atoms with E-state index >= 15 is 0 Å². The lowest BCUT2D eigenvalue weighted by molar-refractivity contribution is -0.134. The van der Waals surface area contributed by atoms with Crippen molar-refractivity contribution in [3.63, 3.8) is 0 Å². The van der Waals surface area contributed by atoms with E-state index < -0.39 is 11.9 Å². The molecule has 2 aromatic heterocycles. The maximum Gasteiger partial charge on any atom is 0.328 e. The third kappa shape index (κ3) is 6.60. The highest BCUT2D eigenvalue weighted by atomic mass is 16.4. The van der Waals surface area contributed by atoms with Gasteiger partial charge in [0.25, 0.3) is 0 Å². The second-order valence-electron chi connectivity index (χ2n) is 6.06. The number of fused-ring (bicyclic) bond motifs is 1. The Morgan fingerprint density at radius 2 is 1.71 bits per heavy atom. The molecule has 7 heteroatoms. The monoisotopic (exact) mass is 381 g/mol. The number of para-hydroxylation sites is 1. The number of nitrogens with one attached hydrogen (secondary N) is 1. The molecule has 0 saturated carbocycles. The molecular weight excluding hydrogens is 358 g/mol. The van der Waals surface area contributed by atoms with Gasteiger partial charge < -0.3 is 20.1 Å². The number of aliphatic carboxylic acids is 2. The molecule has 0 bridgehead atoms. The van der Waals surface area contributed by atoms with Crippen LogP contribution in [0.3, 0.4) is 0 Å². The molecule has 3 rings (SSSR count). The van der Waals surface area contributed by atoms with E-state index in [9.17, 15) is 9.59 Å². The summed E-state index contributed by atoms with van der Waals surface area (Å²) in [5.74, 6) is -2.51. The van der Waals surface area contributed by atoms with Gasteiger partial charge in [0.2, 0.25) is 0 Å². The highest BCUT2D eigenvalue weighted by molar-refractivity contribution is 5.89. The SMILES string of the molecule is Cn1cc(CCCNc2ccncc2)c2ccccc21.O=C(O)/C=C\C(=O)O. The average molecular weight is 381 g/mol. The lowest BCUT2D eigenvalue weighted by atomic mass is 10.1. The summed E-state index contributed by atoms with van der Waals surface area (Å²) in [4.78, 5) is 23.1. The smallest absolute Gasteiger partial charge is 0.328 e. The number of hydrogen-bond donors (Lipinski definition) is 3. The largest absolute Gasteiger partial charge is 0.478 e. The van der Waals surface area contributed by atoms with Crippen molar-refractivity contribution in [2.75, 3.05) is 11.9 Å². The van der Waals surface area contributed by atoms with Crippen molar-refractivity contribution in [2.45, 2.75) is 12.8 Å². The number of aromatic nitrogens is 2. The number of rotatable bonds is 7. The van der Waals surface area contributed by atoms with Gasteiger partial charge in [0, 0.05) is 60.9 Å². The molecule has 0 aliphatic carbocycles. The first-order valence-electron chi connectivity index (χ1n) is 8.78. The Morgan fingerprint density at radius 3 is 2.36 bits per heavy atom. The van der Waals surface area contributed by atoms with E-state index in [2.05, 4.69) is 52.4 Å². The fraction of sp³-hybridized carbons (Fsp3) is 0.190. The second kappa shape index (κ2) is 10.5. The summed E-state index contributed by atoms with van der Waals surface area (Å²) in [7, 11) is 2.11. The maximum absolute atomic E-state index is 9.55. The summed E-state index contributed by atoms with van der Waals surface area (Å²) in [6.45, 7) is 0.979. The van der Waals surface area contributed by atoms with Crippen LogP contribution < -0.4 is 5.32 Å². The third-order valence-corrected chi connectivity index (χ3v) is 3.98. The summed E-state index contributed by atoms with van der Waals surface area (Å²) in [5, 5.41) is 20.4. The number of aryl methyl sites for hydroxylation is 2. The van der Waals surface area contributed by atoms with Crippen LogP contribution in [0.15, 0.2) is 67.1 Å². The van der Waals surface area contributed by atoms with Crippen LogP contribution in [0.25, 0.3) is 10.9 Å². The van der Waals surface area contributed by atoms with E-state index in [1.54, 1.807) is 0 Å². The van der Waals surface area contributed by atoms with Gasteiger partial charge in [-0.3, -0.25) is 4.98 Å². The molecule has 3 N–H and O–H groups in total. The summed E-state index contributed by atoms with van der Waals surface area (Å²) in [5.41, 5.74) is 3.88. The first kappa shape index (κ1) is 20.7. The molecule has 0 atom stereocenters. The van der Waals surface area contributed by atoms with Crippen LogP contribution in [-0.4, -0.2) is 38.2 Å². The molecule has 2 heterocycles. The predicted molar refractivity (Wildman–Crippen MR) is 108 cm³/mol. The van der Waals surface area contributed by atoms with Crippen molar-refractivity contribution in [2.24, 2.45) is 7.05 Å². The number of nitrogens with zero attached hydrogens (tertiary/aromatic N) is 2. The van der Waals surface area contributed by atoms with Crippen LogP contribution in [-0.2, 0) is 23.1 Å². The normalized spacial score (nSPS) is 10.5. The molecule has 7 nitrogen and oxygen atoms in total. The van der Waals surface area contributed by atoms with Crippen LogP contribution in [0.5, 0.6) is 0 Å². The number of benzene rings is 1. The van der Waals surface area contributed by atoms with Crippen molar-refractivity contribution in [3.8, 4) is 0 Å². The average Bonchev–Trinajstić information content (AvgIpc) is 3.01. The van der Waals surface area contributed by atoms with E-state index in [1.165, 1.54) is 16.5 Å². The Morgan fingerprint density at radius 1 is 1.07 bits per heavy atom. The van der Waals surface area contributed by atoms with E-state index in [0.29, 0.717) is 12.2 Å². The first-order valence-corrected chi connectivity index (χ1v) is 8.78. The Kier molecular flexibility index (Phi) is 7.77. The van der Waals surface area contributed by atoms with Crippen molar-refractivity contribution in [1.29, 1.82) is 0 Å². The lowest BCUT2D eigenvalue weighted by Crippen LogP contribution is -2.02. The lowest BCUT2D eigenvalue weighted by Gasteiger charge is -2.05. The number of carboxylic acids is 2. The molecule has 0 saturated heterocycles. The standard InChI is InChI=1S/C17H19N3.C4H4O4/c1-20-13-14(16-6-2-3-7-17(16)20)5-4-10-19-15-8-11-18-12-9-15;5-3(6)1-2-4(7)8/h2-3,6-9,11-13H,4-5,10H2,1H3,(H,18,19);1-2H,(H,5,6)(H,7,8)/b;2-1-. The molecule has 0 aliphatic rings. The fourth-order valence-electron chi connectivity index (χ4n) is 2.75. The van der Waals surface area contributed by atoms with Gasteiger partial charge in [-0.25, -0.2) is 9.59 Å². The van der Waals surface area contributed by atoms with Gasteiger partial charge in [0.1, 0.15) is 0 Å². The third-order valence-electron chi connectivity index (χ3n) is 3.98. The highest BCUT2D eigenvalue weighted by Gasteiger charge is 2.05. The zero-order chi connectivity index (χ0) is 20.4. The van der Waals surface area contributed by atoms with E-state index in [4.69, 9.17) is 10.2 Å². The van der Waals surface area contributed by atoms with Gasteiger partial charge in [-0.15, -0.1) is 0 Å². The quantitative estimate of drug-likeness (QED) is 0.428. The number of carboxylic acid groups (broad SMARTS) is 2. The van der Waals surface area contributed by atoms with Crippen molar-refractivity contribution >= 4 is 28.5 Å². The van der Waals surface area contributed by atoms with Crippen molar-refractivity contribution < 1.29 is 19.8 Å². The Bertz CT molecular complexity index is 933. The van der Waals surface area contributed by atoms with Gasteiger partial charge >= 0.3 is 11.9 Å². The van der Waals surface area contributed by atoms with Crippen LogP contribution in [0.2, 0.25) is 0 Å². The number of anilines is 1. The number of pyridine rings is 1. The predicted octanol–water partition coefficient (Wildman–Crippen LogP) is 3.33. The number of hydrogen-bond acceptors (Lipinski definition) is 4. The van der Waals surface area contributed by atoms with Crippen molar-refractivity contribution in [3.05, 3.63) is 72.7 Å². The van der Waals surface area contributed by atoms with Gasteiger partial charge in [-0.05, 0) is 36.6 Å². The molecule has 0 spiro atoms. The molecule has 28 heavy (non-hydrogen) atoms. The van der Waals surface area contributed by atoms with E-state index in [1.807, 2.05) is 24.5 Å². The second-order valence-corrected chi connectivity index (χ2v) is 6.06. The van der Waals surface area contributed by atoms with Crippen molar-refractivity contribution in [1.82, 2.24) is 9.55 Å². The minimum absolute atomic E-state index is 0.558. The first-order chi connectivity index (χ1) is 13.5. The molecule has 0 radical (unpaired) electrons. The van der Waals surface area contributed by atoms with Crippen LogP contribution in [0.4, 0.5) is 5.69 Å². The number of carbonyl (C=O) groups is 2. The molecule has 0 amide bonds. The Balaban J connectivity index is 0.000000300. The minimum atomic E-state index is -1.26. The Hall–Kier alpha value is -3.61. The van der Waals surface area contributed by atoms with Gasteiger partial charge in [0.05, 0.1) is 0 Å². The zero-order valence-electron chi connectivity index (χ0n) is 15.6. The Labute approximate surface area is 163 Å². The van der Waals surface area contributed by atoms with Crippen LogP contribution in [0, 0.1) is 0 Å². The minimum Gasteiger partial charge on any atom is -0.478 e. The van der Waals surface area contributed by atoms with E-state index in [-0.39, 0.29) is 0 Å². The fourth-order valence-corrected chi connectivity index (χ4v) is 2.75. The van der Waals surface area contributed by atoms with Crippen LogP contribution in [0.1, 0.15) is 12.0 Å². The molecule has 3 aromatic rings. The van der Waals surface area contributed by atoms with Crippen LogP contribution >= 0.6 is 0 Å². The van der Waals surface area contributed by atoms with Gasteiger partial charge in [-0.2, -0.15) is 0 Å². The zero-order valence-corrected chi connectivity index (χ0v) is 15.6. The van der Waals surface area contributed by atoms with Gasteiger partial charge in [-0.1, -0.05) is 18.2 Å². The maximum atomic E-state index is 9.55. The molecular formula is C21H23N3O4. The summed E-state index contributed by atoms with van der Waals surface area (Å²) >= 11 is 0.